The zero-order chi connectivity index (χ0) is 11.2. The largest absolute Gasteiger partial charge is 0.382 e. The van der Waals surface area contributed by atoms with E-state index in [0.717, 1.165) is 31.8 Å². The van der Waals surface area contributed by atoms with E-state index in [1.807, 2.05) is 17.8 Å². The molecule has 0 bridgehead atoms. The summed E-state index contributed by atoms with van der Waals surface area (Å²) in [7, 11) is 1.96. The van der Waals surface area contributed by atoms with E-state index in [1.165, 1.54) is 6.42 Å². The van der Waals surface area contributed by atoms with Crippen LogP contribution < -0.4 is 5.32 Å². The molecule has 0 amide bonds. The van der Waals surface area contributed by atoms with E-state index in [9.17, 15) is 5.11 Å². The highest BCUT2D eigenvalue weighted by molar-refractivity contribution is 5.12. The second-order valence-electron chi connectivity index (χ2n) is 5.20. The summed E-state index contributed by atoms with van der Waals surface area (Å²) >= 11 is 0. The normalized spacial score (nSPS) is 38.6. The lowest BCUT2D eigenvalue weighted by molar-refractivity contribution is -0.0722. The van der Waals surface area contributed by atoms with Crippen molar-refractivity contribution in [3.05, 3.63) is 18.2 Å². The highest BCUT2D eigenvalue weighted by atomic mass is 16.3. The van der Waals surface area contributed by atoms with Crippen LogP contribution in [0.3, 0.4) is 0 Å². The van der Waals surface area contributed by atoms with E-state index in [2.05, 4.69) is 10.3 Å². The highest BCUT2D eigenvalue weighted by Crippen LogP contribution is 2.45. The minimum absolute atomic E-state index is 0.336. The summed E-state index contributed by atoms with van der Waals surface area (Å²) in [4.78, 5) is 4.36. The van der Waals surface area contributed by atoms with E-state index >= 15 is 0 Å². The van der Waals surface area contributed by atoms with Gasteiger partial charge in [0.25, 0.3) is 0 Å². The minimum atomic E-state index is -0.718. The molecule has 0 radical (unpaired) electrons. The molecular formula is C12H19N3O. The van der Waals surface area contributed by atoms with Gasteiger partial charge in [-0.1, -0.05) is 0 Å². The Morgan fingerprint density at radius 1 is 1.56 bits per heavy atom. The standard InChI is InChI=1S/C12H19N3O/c1-15-6-5-14-11(15)12(16)4-2-3-9-7-13-8-10(9)12/h5-6,9-10,13,16H,2-4,7-8H2,1H3/t9-,10+,12+/m1/s1. The Kier molecular flexibility index (Phi) is 2.30. The third-order valence-corrected chi connectivity index (χ3v) is 4.29. The van der Waals surface area contributed by atoms with Crippen LogP contribution in [0.2, 0.25) is 0 Å². The predicted octanol–water partition coefficient (Wildman–Crippen LogP) is 0.627. The van der Waals surface area contributed by atoms with Crippen LogP contribution in [0.1, 0.15) is 25.1 Å². The smallest absolute Gasteiger partial charge is 0.140 e. The van der Waals surface area contributed by atoms with Gasteiger partial charge in [0.1, 0.15) is 11.4 Å². The number of aliphatic hydroxyl groups is 1. The Bertz CT molecular complexity index is 389. The Morgan fingerprint density at radius 3 is 3.19 bits per heavy atom. The van der Waals surface area contributed by atoms with Crippen LogP contribution in [0, 0.1) is 11.8 Å². The number of nitrogens with zero attached hydrogens (tertiary/aromatic N) is 2. The monoisotopic (exact) mass is 221 g/mol. The highest BCUT2D eigenvalue weighted by Gasteiger charge is 2.49. The van der Waals surface area contributed by atoms with Gasteiger partial charge in [0, 0.05) is 31.9 Å². The number of rotatable bonds is 1. The van der Waals surface area contributed by atoms with Crippen molar-refractivity contribution in [3.8, 4) is 0 Å². The molecule has 1 aromatic rings. The van der Waals surface area contributed by atoms with Crippen molar-refractivity contribution in [2.45, 2.75) is 24.9 Å². The number of imidazole rings is 1. The van der Waals surface area contributed by atoms with E-state index in [4.69, 9.17) is 0 Å². The van der Waals surface area contributed by atoms with Crippen LogP contribution in [-0.4, -0.2) is 27.7 Å². The van der Waals surface area contributed by atoms with Gasteiger partial charge in [-0.05, 0) is 31.7 Å². The summed E-state index contributed by atoms with van der Waals surface area (Å²) in [6.07, 6.45) is 6.88. The molecule has 0 unspecified atom stereocenters. The molecule has 1 aliphatic carbocycles. The van der Waals surface area contributed by atoms with Crippen LogP contribution in [0.5, 0.6) is 0 Å². The first-order valence-corrected chi connectivity index (χ1v) is 6.13. The fraction of sp³-hybridized carbons (Fsp3) is 0.750. The van der Waals surface area contributed by atoms with Crippen molar-refractivity contribution in [2.24, 2.45) is 18.9 Å². The van der Waals surface area contributed by atoms with Crippen LogP contribution >= 0.6 is 0 Å². The second-order valence-corrected chi connectivity index (χ2v) is 5.20. The summed E-state index contributed by atoms with van der Waals surface area (Å²) in [6, 6.07) is 0. The molecule has 88 valence electrons. The van der Waals surface area contributed by atoms with E-state index < -0.39 is 5.60 Å². The third-order valence-electron chi connectivity index (χ3n) is 4.29. The molecule has 1 saturated heterocycles. The van der Waals surface area contributed by atoms with Crippen molar-refractivity contribution >= 4 is 0 Å². The number of fused-ring (bicyclic) bond motifs is 1. The van der Waals surface area contributed by atoms with Gasteiger partial charge in [-0.15, -0.1) is 0 Å². The molecule has 4 nitrogen and oxygen atoms in total. The predicted molar refractivity (Wildman–Crippen MR) is 60.8 cm³/mol. The molecule has 0 aromatic carbocycles. The molecule has 2 heterocycles. The molecule has 3 atom stereocenters. The van der Waals surface area contributed by atoms with Gasteiger partial charge in [0.15, 0.2) is 0 Å². The van der Waals surface area contributed by atoms with Crippen molar-refractivity contribution in [3.63, 3.8) is 0 Å². The topological polar surface area (TPSA) is 50.1 Å². The van der Waals surface area contributed by atoms with Crippen LogP contribution in [-0.2, 0) is 12.6 Å². The molecule has 1 aliphatic heterocycles. The second kappa shape index (κ2) is 3.57. The first-order valence-electron chi connectivity index (χ1n) is 6.13. The van der Waals surface area contributed by atoms with Gasteiger partial charge in [-0.2, -0.15) is 0 Å². The number of aromatic nitrogens is 2. The molecule has 0 spiro atoms. The van der Waals surface area contributed by atoms with Crippen molar-refractivity contribution in [1.82, 2.24) is 14.9 Å². The summed E-state index contributed by atoms with van der Waals surface area (Å²) in [6.45, 7) is 1.98. The zero-order valence-electron chi connectivity index (χ0n) is 9.69. The van der Waals surface area contributed by atoms with Crippen molar-refractivity contribution in [2.75, 3.05) is 13.1 Å². The van der Waals surface area contributed by atoms with Crippen LogP contribution in [0.4, 0.5) is 0 Å². The number of aryl methyl sites for hydroxylation is 1. The molecule has 1 saturated carbocycles. The quantitative estimate of drug-likeness (QED) is 0.731. The molecule has 2 aliphatic rings. The molecule has 2 N–H and O–H groups in total. The first-order chi connectivity index (χ1) is 7.72. The lowest BCUT2D eigenvalue weighted by Crippen LogP contribution is -2.44. The minimum Gasteiger partial charge on any atom is -0.382 e. The van der Waals surface area contributed by atoms with E-state index in [-0.39, 0.29) is 0 Å². The fourth-order valence-corrected chi connectivity index (χ4v) is 3.47. The lowest BCUT2D eigenvalue weighted by atomic mass is 9.70. The Morgan fingerprint density at radius 2 is 2.44 bits per heavy atom. The van der Waals surface area contributed by atoms with Gasteiger partial charge in [0.05, 0.1) is 0 Å². The third kappa shape index (κ3) is 1.33. The molecule has 1 aromatic heterocycles. The maximum atomic E-state index is 11.0. The van der Waals surface area contributed by atoms with Gasteiger partial charge < -0.3 is 15.0 Å². The molecule has 2 fully saturated rings. The molecule has 3 rings (SSSR count). The van der Waals surface area contributed by atoms with Gasteiger partial charge in [-0.3, -0.25) is 0 Å². The van der Waals surface area contributed by atoms with Gasteiger partial charge in [-0.25, -0.2) is 4.98 Å². The SMILES string of the molecule is Cn1ccnc1[C@]1(O)CCC[C@@H]2CNC[C@@H]21. The van der Waals surface area contributed by atoms with Gasteiger partial charge >= 0.3 is 0 Å². The lowest BCUT2D eigenvalue weighted by Gasteiger charge is -2.40. The summed E-state index contributed by atoms with van der Waals surface area (Å²) < 4.78 is 1.96. The average molecular weight is 221 g/mol. The number of nitrogens with one attached hydrogen (secondary N) is 1. The summed E-state index contributed by atoms with van der Waals surface area (Å²) in [5.41, 5.74) is -0.718. The van der Waals surface area contributed by atoms with Crippen LogP contribution in [0.25, 0.3) is 0 Å². The Hall–Kier alpha value is -0.870. The molecule has 16 heavy (non-hydrogen) atoms. The Balaban J connectivity index is 1.99. The summed E-state index contributed by atoms with van der Waals surface area (Å²) in [5, 5.41) is 14.4. The fourth-order valence-electron chi connectivity index (χ4n) is 3.47. The molecular weight excluding hydrogens is 202 g/mol. The maximum Gasteiger partial charge on any atom is 0.140 e. The average Bonchev–Trinajstić information content (AvgIpc) is 2.86. The van der Waals surface area contributed by atoms with Crippen LogP contribution in [0.15, 0.2) is 12.4 Å². The summed E-state index contributed by atoms with van der Waals surface area (Å²) in [5.74, 6) is 1.80. The number of hydrogen-bond donors (Lipinski definition) is 2. The zero-order valence-corrected chi connectivity index (χ0v) is 9.69. The maximum absolute atomic E-state index is 11.0. The first kappa shape index (κ1) is 10.3. The van der Waals surface area contributed by atoms with Gasteiger partial charge in [0.2, 0.25) is 0 Å². The van der Waals surface area contributed by atoms with E-state index in [0.29, 0.717) is 11.8 Å². The molecule has 4 heteroatoms. The van der Waals surface area contributed by atoms with Crippen molar-refractivity contribution < 1.29 is 5.11 Å². The Labute approximate surface area is 95.7 Å². The number of hydrogen-bond acceptors (Lipinski definition) is 3. The van der Waals surface area contributed by atoms with Crippen molar-refractivity contribution in [1.29, 1.82) is 0 Å². The van der Waals surface area contributed by atoms with E-state index in [1.54, 1.807) is 6.20 Å².